The van der Waals surface area contributed by atoms with Gasteiger partial charge in [0.05, 0.1) is 6.61 Å². The summed E-state index contributed by atoms with van der Waals surface area (Å²) in [6.07, 6.45) is 0. The fourth-order valence-electron chi connectivity index (χ4n) is 3.00. The van der Waals surface area contributed by atoms with Gasteiger partial charge in [0.2, 0.25) is 0 Å². The number of aryl methyl sites for hydroxylation is 2. The van der Waals surface area contributed by atoms with Crippen molar-refractivity contribution in [1.82, 2.24) is 5.32 Å². The van der Waals surface area contributed by atoms with Crippen LogP contribution in [0.25, 0.3) is 11.1 Å². The number of rotatable bonds is 7. The van der Waals surface area contributed by atoms with Crippen LogP contribution in [-0.2, 0) is 9.53 Å². The molecule has 33 heavy (non-hydrogen) atoms. The molecule has 6 nitrogen and oxygen atoms in total. The molecule has 1 heterocycles. The molecule has 0 aliphatic rings. The number of hydrogen-bond donors (Lipinski definition) is 2. The van der Waals surface area contributed by atoms with E-state index in [4.69, 9.17) is 21.7 Å². The van der Waals surface area contributed by atoms with Gasteiger partial charge in [-0.2, -0.15) is 0 Å². The van der Waals surface area contributed by atoms with Gasteiger partial charge in [0.1, 0.15) is 16.3 Å². The third kappa shape index (κ3) is 6.63. The van der Waals surface area contributed by atoms with E-state index in [2.05, 4.69) is 26.6 Å². The van der Waals surface area contributed by atoms with E-state index in [-0.39, 0.29) is 18.3 Å². The second-order valence-corrected chi connectivity index (χ2v) is 9.34. The van der Waals surface area contributed by atoms with E-state index in [0.29, 0.717) is 16.3 Å². The Morgan fingerprint density at radius 2 is 1.85 bits per heavy atom. The van der Waals surface area contributed by atoms with Crippen LogP contribution in [0, 0.1) is 13.8 Å². The molecule has 0 fully saturated rings. The Hall–Kier alpha value is -2.75. The van der Waals surface area contributed by atoms with Crippen LogP contribution < -0.4 is 15.4 Å². The van der Waals surface area contributed by atoms with Crippen molar-refractivity contribution < 1.29 is 19.1 Å². The molecule has 0 saturated heterocycles. The Morgan fingerprint density at radius 1 is 1.12 bits per heavy atom. The zero-order chi connectivity index (χ0) is 24.0. The van der Waals surface area contributed by atoms with Crippen LogP contribution in [0.1, 0.15) is 28.4 Å². The van der Waals surface area contributed by atoms with Crippen molar-refractivity contribution in [2.75, 3.05) is 18.5 Å². The van der Waals surface area contributed by atoms with Gasteiger partial charge in [-0.15, -0.1) is 11.3 Å². The highest BCUT2D eigenvalue weighted by Gasteiger charge is 2.22. The van der Waals surface area contributed by atoms with Crippen LogP contribution in [0.4, 0.5) is 5.00 Å². The van der Waals surface area contributed by atoms with Gasteiger partial charge in [-0.3, -0.25) is 10.1 Å². The standard InChI is InChI=1S/C24H23BrN2O4S2/c1-4-30-23(29)21-18(16-7-9-17(25)10-8-16)13-33-22(21)27-24(32)26-20(28)12-31-19-11-14(2)5-6-15(19)3/h5-11,13H,4,12H2,1-3H3,(H2,26,27,28,32). The SMILES string of the molecule is CCOC(=O)c1c(-c2ccc(Br)cc2)csc1NC(=S)NC(=O)COc1cc(C)ccc1C. The zero-order valence-electron chi connectivity index (χ0n) is 18.4. The number of thiocarbonyl (C=S) groups is 1. The van der Waals surface area contributed by atoms with Crippen LogP contribution in [0.15, 0.2) is 52.3 Å². The summed E-state index contributed by atoms with van der Waals surface area (Å²) in [4.78, 5) is 25.0. The highest BCUT2D eigenvalue weighted by Crippen LogP contribution is 2.36. The number of ether oxygens (including phenoxy) is 2. The Kier molecular flexibility index (Phi) is 8.60. The molecule has 3 rings (SSSR count). The average Bonchev–Trinajstić information content (AvgIpc) is 3.18. The number of carbonyl (C=O) groups is 2. The topological polar surface area (TPSA) is 76.7 Å². The second-order valence-electron chi connectivity index (χ2n) is 7.14. The van der Waals surface area contributed by atoms with Crippen molar-refractivity contribution in [2.45, 2.75) is 20.8 Å². The first-order valence-corrected chi connectivity index (χ1v) is 12.2. The molecule has 9 heteroatoms. The molecule has 3 aromatic rings. The average molecular weight is 547 g/mol. The van der Waals surface area contributed by atoms with Gasteiger partial charge in [-0.25, -0.2) is 4.79 Å². The van der Waals surface area contributed by atoms with E-state index in [0.717, 1.165) is 26.7 Å². The number of halogens is 1. The van der Waals surface area contributed by atoms with Gasteiger partial charge in [-0.05, 0) is 67.9 Å². The number of thiophene rings is 1. The molecule has 2 N–H and O–H groups in total. The normalized spacial score (nSPS) is 10.4. The van der Waals surface area contributed by atoms with Crippen molar-refractivity contribution in [2.24, 2.45) is 0 Å². The molecule has 0 saturated carbocycles. The number of esters is 1. The van der Waals surface area contributed by atoms with E-state index in [1.165, 1.54) is 11.3 Å². The Bertz CT molecular complexity index is 1180. The Labute approximate surface area is 210 Å². The number of anilines is 1. The number of benzene rings is 2. The predicted molar refractivity (Wildman–Crippen MR) is 139 cm³/mol. The lowest BCUT2D eigenvalue weighted by Crippen LogP contribution is -2.37. The highest BCUT2D eigenvalue weighted by atomic mass is 79.9. The van der Waals surface area contributed by atoms with Crippen molar-refractivity contribution in [3.05, 3.63) is 69.0 Å². The van der Waals surface area contributed by atoms with Crippen LogP contribution in [0.2, 0.25) is 0 Å². The third-order valence-electron chi connectivity index (χ3n) is 4.61. The van der Waals surface area contributed by atoms with Gasteiger partial charge in [0, 0.05) is 15.4 Å². The first kappa shape index (κ1) is 24.9. The fraction of sp³-hybridized carbons (Fsp3) is 0.208. The van der Waals surface area contributed by atoms with Gasteiger partial charge in [0.15, 0.2) is 11.7 Å². The van der Waals surface area contributed by atoms with Gasteiger partial charge in [0.25, 0.3) is 5.91 Å². The number of carbonyl (C=O) groups excluding carboxylic acids is 2. The van der Waals surface area contributed by atoms with E-state index in [9.17, 15) is 9.59 Å². The number of amides is 1. The maximum atomic E-state index is 12.7. The highest BCUT2D eigenvalue weighted by molar-refractivity contribution is 9.10. The molecule has 1 aromatic heterocycles. The van der Waals surface area contributed by atoms with Gasteiger partial charge >= 0.3 is 5.97 Å². The van der Waals surface area contributed by atoms with Crippen molar-refractivity contribution in [1.29, 1.82) is 0 Å². The van der Waals surface area contributed by atoms with Crippen molar-refractivity contribution in [3.8, 4) is 16.9 Å². The maximum absolute atomic E-state index is 12.7. The van der Waals surface area contributed by atoms with E-state index >= 15 is 0 Å². The summed E-state index contributed by atoms with van der Waals surface area (Å²) < 4.78 is 11.8. The number of hydrogen-bond acceptors (Lipinski definition) is 6. The van der Waals surface area contributed by atoms with Gasteiger partial charge < -0.3 is 14.8 Å². The van der Waals surface area contributed by atoms with E-state index in [1.54, 1.807) is 6.92 Å². The molecule has 0 radical (unpaired) electrons. The summed E-state index contributed by atoms with van der Waals surface area (Å²) in [6.45, 7) is 5.67. The molecular weight excluding hydrogens is 524 g/mol. The smallest absolute Gasteiger partial charge is 0.341 e. The van der Waals surface area contributed by atoms with E-state index in [1.807, 2.05) is 61.7 Å². The zero-order valence-corrected chi connectivity index (χ0v) is 21.6. The third-order valence-corrected chi connectivity index (χ3v) is 6.24. The molecule has 0 atom stereocenters. The van der Waals surface area contributed by atoms with Crippen molar-refractivity contribution >= 4 is 61.5 Å². The number of nitrogens with one attached hydrogen (secondary N) is 2. The molecule has 172 valence electrons. The molecule has 0 aliphatic carbocycles. The summed E-state index contributed by atoms with van der Waals surface area (Å²) in [7, 11) is 0. The minimum absolute atomic E-state index is 0.0688. The quantitative estimate of drug-likeness (QED) is 0.285. The molecule has 2 aromatic carbocycles. The predicted octanol–water partition coefficient (Wildman–Crippen LogP) is 5.86. The second kappa shape index (κ2) is 11.4. The first-order chi connectivity index (χ1) is 15.8. The monoisotopic (exact) mass is 546 g/mol. The maximum Gasteiger partial charge on any atom is 0.341 e. The van der Waals surface area contributed by atoms with Crippen molar-refractivity contribution in [3.63, 3.8) is 0 Å². The molecule has 0 aliphatic heterocycles. The first-order valence-electron chi connectivity index (χ1n) is 10.1. The molecule has 0 unspecified atom stereocenters. The lowest BCUT2D eigenvalue weighted by atomic mass is 10.0. The Morgan fingerprint density at radius 3 is 2.55 bits per heavy atom. The van der Waals surface area contributed by atoms with E-state index < -0.39 is 11.9 Å². The molecular formula is C24H23BrN2O4S2. The summed E-state index contributed by atoms with van der Waals surface area (Å²) in [5.74, 6) is -0.228. The molecule has 0 bridgehead atoms. The largest absolute Gasteiger partial charge is 0.483 e. The Balaban J connectivity index is 1.70. The van der Waals surface area contributed by atoms with Gasteiger partial charge in [-0.1, -0.05) is 40.2 Å². The molecule has 1 amide bonds. The summed E-state index contributed by atoms with van der Waals surface area (Å²) in [5.41, 5.74) is 3.93. The van der Waals surface area contributed by atoms with Crippen LogP contribution >= 0.6 is 39.5 Å². The fourth-order valence-corrected chi connectivity index (χ4v) is 4.51. The summed E-state index contributed by atoms with van der Waals surface area (Å²) in [6, 6.07) is 13.4. The summed E-state index contributed by atoms with van der Waals surface area (Å²) in [5, 5.41) is 7.96. The van der Waals surface area contributed by atoms with Crippen LogP contribution in [0.3, 0.4) is 0 Å². The van der Waals surface area contributed by atoms with Crippen LogP contribution in [-0.4, -0.2) is 30.2 Å². The summed E-state index contributed by atoms with van der Waals surface area (Å²) >= 11 is 10.0. The lowest BCUT2D eigenvalue weighted by Gasteiger charge is -2.12. The molecule has 0 spiro atoms. The minimum Gasteiger partial charge on any atom is -0.483 e. The minimum atomic E-state index is -0.466. The van der Waals surface area contributed by atoms with Crippen LogP contribution in [0.5, 0.6) is 5.75 Å². The lowest BCUT2D eigenvalue weighted by molar-refractivity contribution is -0.121.